The predicted molar refractivity (Wildman–Crippen MR) is 110 cm³/mol. The molecule has 162 valence electrons. The molecule has 0 unspecified atom stereocenters. The summed E-state index contributed by atoms with van der Waals surface area (Å²) >= 11 is 0. The Hall–Kier alpha value is -2.42. The summed E-state index contributed by atoms with van der Waals surface area (Å²) in [6.07, 6.45) is 4.20. The number of aliphatic carboxylic acids is 1. The van der Waals surface area contributed by atoms with E-state index < -0.39 is 5.97 Å². The van der Waals surface area contributed by atoms with Crippen LogP contribution >= 0.6 is 0 Å². The molecule has 1 N–H and O–H groups in total. The monoisotopic (exact) mass is 417 g/mol. The molecule has 1 aromatic heterocycles. The largest absolute Gasteiger partial charge is 0.480 e. The van der Waals surface area contributed by atoms with Crippen LogP contribution < -0.4 is 10.5 Å². The Morgan fingerprint density at radius 3 is 2.57 bits per heavy atom. The van der Waals surface area contributed by atoms with Crippen LogP contribution in [0.3, 0.4) is 0 Å². The van der Waals surface area contributed by atoms with E-state index in [1.807, 2.05) is 0 Å². The molecule has 0 bridgehead atoms. The van der Waals surface area contributed by atoms with Crippen LogP contribution in [0, 0.1) is 0 Å². The number of carbonyl (C=O) groups is 1. The second-order valence-corrected chi connectivity index (χ2v) is 7.64. The summed E-state index contributed by atoms with van der Waals surface area (Å²) in [4.78, 5) is 25.0. The van der Waals surface area contributed by atoms with Gasteiger partial charge in [0.2, 0.25) is 0 Å². The fourth-order valence-corrected chi connectivity index (χ4v) is 4.33. The first-order valence-corrected chi connectivity index (χ1v) is 10.4. The van der Waals surface area contributed by atoms with Crippen molar-refractivity contribution in [3.63, 3.8) is 0 Å². The van der Waals surface area contributed by atoms with Gasteiger partial charge < -0.3 is 28.6 Å². The number of aryl methyl sites for hydroxylation is 2. The quantitative estimate of drug-likeness (QED) is 0.464. The smallest absolute Gasteiger partial charge is 0.336 e. The van der Waals surface area contributed by atoms with Crippen molar-refractivity contribution in [2.45, 2.75) is 32.3 Å². The topological polar surface area (TPSA) is 98.4 Å². The number of fused-ring (bicyclic) bond motifs is 2. The molecule has 0 radical (unpaired) electrons. The fraction of sp³-hybridized carbons (Fsp3) is 0.545. The van der Waals surface area contributed by atoms with E-state index >= 15 is 0 Å². The van der Waals surface area contributed by atoms with Gasteiger partial charge in [0.1, 0.15) is 12.2 Å². The molecule has 8 nitrogen and oxygen atoms in total. The summed E-state index contributed by atoms with van der Waals surface area (Å²) in [5, 5.41) is 9.45. The molecule has 8 heteroatoms. The standard InChI is InChI=1S/C22H27NO7/c24-19(25)14-29-10-8-27-7-9-28-13-16-12-20(26)30-22-17-4-2-6-23-5-1-3-15(21(17)23)11-18(16)22/h11-12H,1-10,13-14H2,(H,24,25). The third kappa shape index (κ3) is 4.66. The molecule has 1 aromatic carbocycles. The molecule has 0 saturated heterocycles. The Morgan fingerprint density at radius 2 is 1.77 bits per heavy atom. The van der Waals surface area contributed by atoms with E-state index in [1.165, 1.54) is 17.3 Å². The average Bonchev–Trinajstić information content (AvgIpc) is 2.73. The van der Waals surface area contributed by atoms with Crippen LogP contribution in [0.15, 0.2) is 21.3 Å². The molecule has 30 heavy (non-hydrogen) atoms. The van der Waals surface area contributed by atoms with Gasteiger partial charge in [0.15, 0.2) is 0 Å². The third-order valence-electron chi connectivity index (χ3n) is 5.54. The average molecular weight is 417 g/mol. The van der Waals surface area contributed by atoms with Crippen molar-refractivity contribution in [3.8, 4) is 0 Å². The number of nitrogens with zero attached hydrogens (tertiary/aromatic N) is 1. The van der Waals surface area contributed by atoms with Gasteiger partial charge in [-0.2, -0.15) is 0 Å². The van der Waals surface area contributed by atoms with Crippen LogP contribution in [0.4, 0.5) is 5.69 Å². The Bertz CT molecular complexity index is 966. The highest BCUT2D eigenvalue weighted by Crippen LogP contribution is 2.40. The minimum Gasteiger partial charge on any atom is -0.480 e. The number of benzene rings is 1. The maximum atomic E-state index is 12.2. The summed E-state index contributed by atoms with van der Waals surface area (Å²) in [7, 11) is 0. The third-order valence-corrected chi connectivity index (χ3v) is 5.54. The number of carboxylic acid groups (broad SMARTS) is 1. The number of hydrogen-bond donors (Lipinski definition) is 1. The van der Waals surface area contributed by atoms with Crippen molar-refractivity contribution in [2.24, 2.45) is 0 Å². The lowest BCUT2D eigenvalue weighted by atomic mass is 9.89. The van der Waals surface area contributed by atoms with Gasteiger partial charge in [-0.05, 0) is 42.9 Å². The van der Waals surface area contributed by atoms with Gasteiger partial charge in [0.25, 0.3) is 0 Å². The highest BCUT2D eigenvalue weighted by Gasteiger charge is 2.27. The van der Waals surface area contributed by atoms with Gasteiger partial charge >= 0.3 is 11.6 Å². The molecule has 3 heterocycles. The number of rotatable bonds is 10. The van der Waals surface area contributed by atoms with E-state index in [4.69, 9.17) is 23.7 Å². The molecule has 0 fully saturated rings. The van der Waals surface area contributed by atoms with Gasteiger partial charge in [-0.1, -0.05) is 0 Å². The van der Waals surface area contributed by atoms with Gasteiger partial charge in [0.05, 0.1) is 33.0 Å². The maximum Gasteiger partial charge on any atom is 0.336 e. The van der Waals surface area contributed by atoms with Crippen LogP contribution in [-0.2, 0) is 38.5 Å². The Balaban J connectivity index is 1.40. The fourth-order valence-electron chi connectivity index (χ4n) is 4.33. The first-order valence-electron chi connectivity index (χ1n) is 10.4. The molecule has 0 atom stereocenters. The first-order chi connectivity index (χ1) is 14.6. The Morgan fingerprint density at radius 1 is 1.03 bits per heavy atom. The highest BCUT2D eigenvalue weighted by atomic mass is 16.5. The lowest BCUT2D eigenvalue weighted by Gasteiger charge is -2.37. The molecule has 2 aliphatic heterocycles. The van der Waals surface area contributed by atoms with Gasteiger partial charge in [-0.3, -0.25) is 0 Å². The molecule has 2 aliphatic rings. The molecular formula is C22H27NO7. The van der Waals surface area contributed by atoms with E-state index in [0.717, 1.165) is 55.3 Å². The zero-order chi connectivity index (χ0) is 20.9. The van der Waals surface area contributed by atoms with Crippen molar-refractivity contribution in [1.29, 1.82) is 0 Å². The van der Waals surface area contributed by atoms with Crippen molar-refractivity contribution in [1.82, 2.24) is 0 Å². The van der Waals surface area contributed by atoms with E-state index in [9.17, 15) is 9.59 Å². The van der Waals surface area contributed by atoms with Gasteiger partial charge in [-0.25, -0.2) is 9.59 Å². The normalized spacial score (nSPS) is 15.4. The molecule has 0 aliphatic carbocycles. The minimum absolute atomic E-state index is 0.224. The van der Waals surface area contributed by atoms with E-state index in [0.29, 0.717) is 32.0 Å². The van der Waals surface area contributed by atoms with Crippen molar-refractivity contribution in [3.05, 3.63) is 39.2 Å². The first kappa shape index (κ1) is 20.8. The number of carboxylic acids is 1. The van der Waals surface area contributed by atoms with Crippen LogP contribution in [-0.4, -0.2) is 57.2 Å². The summed E-state index contributed by atoms with van der Waals surface area (Å²) in [6, 6.07) is 3.69. The minimum atomic E-state index is -0.999. The van der Waals surface area contributed by atoms with Gasteiger partial charge in [-0.15, -0.1) is 0 Å². The Kier molecular flexibility index (Phi) is 6.66. The second-order valence-electron chi connectivity index (χ2n) is 7.64. The summed E-state index contributed by atoms with van der Waals surface area (Å²) in [5.41, 5.74) is 4.98. The van der Waals surface area contributed by atoms with Crippen LogP contribution in [0.25, 0.3) is 11.0 Å². The number of anilines is 1. The summed E-state index contributed by atoms with van der Waals surface area (Å²) in [6.45, 7) is 3.38. The summed E-state index contributed by atoms with van der Waals surface area (Å²) in [5.74, 6) is -0.999. The zero-order valence-electron chi connectivity index (χ0n) is 17.0. The number of ether oxygens (including phenoxy) is 3. The molecule has 0 spiro atoms. The lowest BCUT2D eigenvalue weighted by molar-refractivity contribution is -0.142. The molecule has 4 rings (SSSR count). The van der Waals surface area contributed by atoms with E-state index in [1.54, 1.807) is 0 Å². The van der Waals surface area contributed by atoms with Crippen molar-refractivity contribution >= 4 is 22.6 Å². The van der Waals surface area contributed by atoms with Crippen molar-refractivity contribution in [2.75, 3.05) is 51.0 Å². The van der Waals surface area contributed by atoms with Crippen LogP contribution in [0.2, 0.25) is 0 Å². The van der Waals surface area contributed by atoms with Crippen LogP contribution in [0.1, 0.15) is 29.5 Å². The molecule has 0 saturated carbocycles. The van der Waals surface area contributed by atoms with E-state index in [2.05, 4.69) is 11.0 Å². The molecule has 2 aromatic rings. The molecular weight excluding hydrogens is 390 g/mol. The summed E-state index contributed by atoms with van der Waals surface area (Å²) < 4.78 is 21.6. The Labute approximate surface area is 174 Å². The highest BCUT2D eigenvalue weighted by molar-refractivity contribution is 5.90. The van der Waals surface area contributed by atoms with Crippen molar-refractivity contribution < 1.29 is 28.5 Å². The van der Waals surface area contributed by atoms with Crippen LogP contribution in [0.5, 0.6) is 0 Å². The van der Waals surface area contributed by atoms with E-state index in [-0.39, 0.29) is 18.8 Å². The lowest BCUT2D eigenvalue weighted by Crippen LogP contribution is -2.34. The molecule has 0 amide bonds. The maximum absolute atomic E-state index is 12.2. The second kappa shape index (κ2) is 9.59. The SMILES string of the molecule is O=C(O)COCCOCCOCc1cc(=O)oc2c3c4c(cc12)CCCN4CCC3. The van der Waals surface area contributed by atoms with Gasteiger partial charge in [0, 0.05) is 35.8 Å². The number of hydrogen-bond acceptors (Lipinski definition) is 7. The predicted octanol–water partition coefficient (Wildman–Crippen LogP) is 2.13. The zero-order valence-corrected chi connectivity index (χ0v) is 17.0.